The van der Waals surface area contributed by atoms with Crippen LogP contribution in [0.1, 0.15) is 10.4 Å². The number of H-pyrrole nitrogens is 1. The Morgan fingerprint density at radius 2 is 1.65 bits per heavy atom. The van der Waals surface area contributed by atoms with Crippen LogP contribution in [0.4, 0.5) is 11.5 Å². The molecule has 3 aromatic carbocycles. The summed E-state index contributed by atoms with van der Waals surface area (Å²) in [5.41, 5.74) is 8.74. The number of hydrogen-bond donors (Lipinski definition) is 3. The van der Waals surface area contributed by atoms with E-state index >= 15 is 0 Å². The maximum Gasteiger partial charge on any atom is 0.256 e. The Bertz CT molecular complexity index is 1260. The van der Waals surface area contributed by atoms with E-state index in [1.165, 1.54) is 14.2 Å². The first-order valence-corrected chi connectivity index (χ1v) is 9.94. The van der Waals surface area contributed by atoms with Crippen LogP contribution >= 0.6 is 23.2 Å². The number of halogens is 2. The molecule has 9 heteroatoms. The molecule has 0 unspecified atom stereocenters. The number of fused-ring (bicyclic) bond motifs is 1. The predicted octanol–water partition coefficient (Wildman–Crippen LogP) is 5.39. The van der Waals surface area contributed by atoms with Gasteiger partial charge >= 0.3 is 0 Å². The monoisotopic (exact) mass is 456 g/mol. The first-order chi connectivity index (χ1) is 14.9. The first kappa shape index (κ1) is 20.8. The van der Waals surface area contributed by atoms with Crippen LogP contribution in [0.2, 0.25) is 10.0 Å². The van der Waals surface area contributed by atoms with E-state index in [1.54, 1.807) is 30.3 Å². The summed E-state index contributed by atoms with van der Waals surface area (Å²) >= 11 is 13.1. The van der Waals surface area contributed by atoms with Gasteiger partial charge in [-0.25, -0.2) is 0 Å². The number of benzene rings is 3. The van der Waals surface area contributed by atoms with Crippen LogP contribution in [0.3, 0.4) is 0 Å². The molecule has 0 saturated heterocycles. The Morgan fingerprint density at radius 1 is 1.00 bits per heavy atom. The van der Waals surface area contributed by atoms with Gasteiger partial charge in [-0.3, -0.25) is 9.89 Å². The Balaban J connectivity index is 1.71. The quantitative estimate of drug-likeness (QED) is 0.349. The van der Waals surface area contributed by atoms with Crippen LogP contribution in [0, 0.1) is 0 Å². The van der Waals surface area contributed by atoms with E-state index in [0.29, 0.717) is 49.7 Å². The molecular formula is C22H18Cl2N4O3. The number of aromatic amines is 1. The molecule has 7 nitrogen and oxygen atoms in total. The number of rotatable bonds is 5. The maximum absolute atomic E-state index is 12.5. The zero-order valence-corrected chi connectivity index (χ0v) is 18.1. The normalized spacial score (nSPS) is 10.8. The summed E-state index contributed by atoms with van der Waals surface area (Å²) < 4.78 is 10.7. The lowest BCUT2D eigenvalue weighted by atomic mass is 10.0. The number of ether oxygens (including phenoxy) is 2. The lowest BCUT2D eigenvalue weighted by Gasteiger charge is -2.14. The van der Waals surface area contributed by atoms with E-state index in [4.69, 9.17) is 38.4 Å². The average Bonchev–Trinajstić information content (AvgIpc) is 3.16. The van der Waals surface area contributed by atoms with Gasteiger partial charge in [0.2, 0.25) is 0 Å². The lowest BCUT2D eigenvalue weighted by molar-refractivity contribution is 0.102. The summed E-state index contributed by atoms with van der Waals surface area (Å²) in [6, 6.07) is 13.8. The molecule has 0 aliphatic heterocycles. The highest BCUT2D eigenvalue weighted by atomic mass is 35.5. The van der Waals surface area contributed by atoms with Crippen molar-refractivity contribution in [3.63, 3.8) is 0 Å². The molecule has 0 saturated carbocycles. The largest absolute Gasteiger partial charge is 0.495 e. The second-order valence-corrected chi connectivity index (χ2v) is 7.45. The number of hydrogen-bond acceptors (Lipinski definition) is 5. The van der Waals surface area contributed by atoms with Crippen LogP contribution in [0.5, 0.6) is 11.5 Å². The van der Waals surface area contributed by atoms with Crippen molar-refractivity contribution in [2.45, 2.75) is 0 Å². The number of nitrogens with zero attached hydrogens (tertiary/aromatic N) is 1. The van der Waals surface area contributed by atoms with E-state index in [2.05, 4.69) is 15.5 Å². The van der Waals surface area contributed by atoms with E-state index in [0.717, 1.165) is 10.9 Å². The summed E-state index contributed by atoms with van der Waals surface area (Å²) in [5, 5.41) is 11.4. The van der Waals surface area contributed by atoms with Crippen LogP contribution in [-0.4, -0.2) is 30.3 Å². The SMILES string of the molecule is COc1cc(OC)c(Cl)c(-c2ccc3c(NC(=O)c4ccc(N)cc4)n[nH]c3c2)c1Cl. The molecule has 0 bridgehead atoms. The molecule has 4 aromatic rings. The minimum atomic E-state index is -0.291. The second kappa shape index (κ2) is 8.37. The molecule has 0 spiro atoms. The fraction of sp³-hybridized carbons (Fsp3) is 0.0909. The maximum atomic E-state index is 12.5. The summed E-state index contributed by atoms with van der Waals surface area (Å²) in [5.74, 6) is 1.00. The van der Waals surface area contributed by atoms with Crippen LogP contribution in [0.15, 0.2) is 48.5 Å². The highest BCUT2D eigenvalue weighted by Gasteiger charge is 2.20. The van der Waals surface area contributed by atoms with E-state index in [1.807, 2.05) is 18.2 Å². The lowest BCUT2D eigenvalue weighted by Crippen LogP contribution is -2.12. The smallest absolute Gasteiger partial charge is 0.256 e. The van der Waals surface area contributed by atoms with Gasteiger partial charge < -0.3 is 20.5 Å². The van der Waals surface area contributed by atoms with Crippen molar-refractivity contribution < 1.29 is 14.3 Å². The van der Waals surface area contributed by atoms with Gasteiger partial charge in [0.1, 0.15) is 11.5 Å². The van der Waals surface area contributed by atoms with Crippen molar-refractivity contribution in [1.29, 1.82) is 0 Å². The Hall–Kier alpha value is -3.42. The molecular weight excluding hydrogens is 439 g/mol. The first-order valence-electron chi connectivity index (χ1n) is 9.18. The molecule has 0 aliphatic carbocycles. The summed E-state index contributed by atoms with van der Waals surface area (Å²) in [7, 11) is 3.04. The van der Waals surface area contributed by atoms with Gasteiger partial charge in [-0.05, 0) is 42.0 Å². The molecule has 1 heterocycles. The molecule has 158 valence electrons. The molecule has 1 amide bonds. The molecule has 1 aromatic heterocycles. The van der Waals surface area contributed by atoms with Gasteiger partial charge in [0.15, 0.2) is 5.82 Å². The fourth-order valence-electron chi connectivity index (χ4n) is 3.22. The van der Waals surface area contributed by atoms with Crippen molar-refractivity contribution in [2.24, 2.45) is 0 Å². The number of anilines is 2. The number of nitrogen functional groups attached to an aromatic ring is 1. The molecule has 0 radical (unpaired) electrons. The van der Waals surface area contributed by atoms with Crippen molar-refractivity contribution in [1.82, 2.24) is 10.2 Å². The summed E-state index contributed by atoms with van der Waals surface area (Å²) in [6.07, 6.45) is 0. The highest BCUT2D eigenvalue weighted by Crippen LogP contribution is 2.46. The van der Waals surface area contributed by atoms with Crippen LogP contribution in [0.25, 0.3) is 22.0 Å². The number of carbonyl (C=O) groups excluding carboxylic acids is 1. The number of aromatic nitrogens is 2. The number of methoxy groups -OCH3 is 2. The molecule has 31 heavy (non-hydrogen) atoms. The van der Waals surface area contributed by atoms with E-state index in [9.17, 15) is 4.79 Å². The van der Waals surface area contributed by atoms with Gasteiger partial charge in [-0.15, -0.1) is 0 Å². The number of nitrogens with two attached hydrogens (primary N) is 1. The van der Waals surface area contributed by atoms with Crippen LogP contribution in [-0.2, 0) is 0 Å². The predicted molar refractivity (Wildman–Crippen MR) is 123 cm³/mol. The van der Waals surface area contributed by atoms with Crippen molar-refractivity contribution >= 4 is 51.5 Å². The topological polar surface area (TPSA) is 102 Å². The van der Waals surface area contributed by atoms with Crippen LogP contribution < -0.4 is 20.5 Å². The molecule has 0 aliphatic rings. The van der Waals surface area contributed by atoms with Crippen molar-refractivity contribution in [3.8, 4) is 22.6 Å². The molecule has 4 rings (SSSR count). The van der Waals surface area contributed by atoms with Gasteiger partial charge in [0, 0.05) is 28.3 Å². The van der Waals surface area contributed by atoms with E-state index in [-0.39, 0.29) is 5.91 Å². The zero-order chi connectivity index (χ0) is 22.1. The van der Waals surface area contributed by atoms with Gasteiger partial charge in [-0.1, -0.05) is 29.3 Å². The molecule has 0 fully saturated rings. The van der Waals surface area contributed by atoms with Crippen molar-refractivity contribution in [3.05, 3.63) is 64.1 Å². The van der Waals surface area contributed by atoms with Gasteiger partial charge in [-0.2, -0.15) is 5.10 Å². The number of amides is 1. The average molecular weight is 457 g/mol. The Labute approximate surface area is 188 Å². The standard InChI is InChI=1S/C22H18Cl2N4O3/c1-30-16-10-17(31-2)20(24)18(19(16)23)12-5-8-14-15(9-12)27-28-21(14)26-22(29)11-3-6-13(25)7-4-11/h3-10H,25H2,1-2H3,(H2,26,27,28,29). The van der Waals surface area contributed by atoms with Crippen molar-refractivity contribution in [2.75, 3.05) is 25.3 Å². The summed E-state index contributed by atoms with van der Waals surface area (Å²) in [6.45, 7) is 0. The minimum Gasteiger partial charge on any atom is -0.495 e. The fourth-order valence-corrected chi connectivity index (χ4v) is 3.94. The van der Waals surface area contributed by atoms with E-state index < -0.39 is 0 Å². The highest BCUT2D eigenvalue weighted by molar-refractivity contribution is 6.41. The zero-order valence-electron chi connectivity index (χ0n) is 16.6. The van der Waals surface area contributed by atoms with Gasteiger partial charge in [0.05, 0.1) is 29.8 Å². The summed E-state index contributed by atoms with van der Waals surface area (Å²) in [4.78, 5) is 12.5. The minimum absolute atomic E-state index is 0.291. The van der Waals surface area contributed by atoms with Gasteiger partial charge in [0.25, 0.3) is 5.91 Å². The molecule has 4 N–H and O–H groups in total. The number of carbonyl (C=O) groups is 1. The second-order valence-electron chi connectivity index (χ2n) is 6.69. The molecule has 0 atom stereocenters. The Morgan fingerprint density at radius 3 is 2.26 bits per heavy atom. The third-order valence-corrected chi connectivity index (χ3v) is 5.58. The number of nitrogens with one attached hydrogen (secondary N) is 2. The third kappa shape index (κ3) is 3.85. The Kier molecular flexibility index (Phi) is 5.63. The third-order valence-electron chi connectivity index (χ3n) is 4.83.